The summed E-state index contributed by atoms with van der Waals surface area (Å²) >= 11 is 0. The van der Waals surface area contributed by atoms with E-state index < -0.39 is 0 Å². The molecule has 0 unspecified atom stereocenters. The van der Waals surface area contributed by atoms with E-state index >= 15 is 0 Å². The summed E-state index contributed by atoms with van der Waals surface area (Å²) in [5.41, 5.74) is 0. The fourth-order valence-corrected chi connectivity index (χ4v) is 0.709. The Morgan fingerprint density at radius 2 is 2.38 bits per heavy atom. The van der Waals surface area contributed by atoms with Crippen LogP contribution >= 0.6 is 0 Å². The van der Waals surface area contributed by atoms with Gasteiger partial charge in [-0.15, -0.1) is 0 Å². The van der Waals surface area contributed by atoms with Gasteiger partial charge in [0.15, 0.2) is 5.82 Å². The number of hydrogen-bond donors (Lipinski definition) is 1. The third-order valence-corrected chi connectivity index (χ3v) is 1.77. The van der Waals surface area contributed by atoms with E-state index in [4.69, 9.17) is 0 Å². The lowest BCUT2D eigenvalue weighted by Crippen LogP contribution is -2.36. The lowest BCUT2D eigenvalue weighted by molar-refractivity contribution is 0.211. The van der Waals surface area contributed by atoms with E-state index in [2.05, 4.69) is 15.0 Å². The first-order valence-corrected chi connectivity index (χ1v) is 4.05. The summed E-state index contributed by atoms with van der Waals surface area (Å²) in [6, 6.07) is 1.56. The van der Waals surface area contributed by atoms with Crippen LogP contribution in [0, 0.1) is 0 Å². The summed E-state index contributed by atoms with van der Waals surface area (Å²) < 4.78 is 4.57. The van der Waals surface area contributed by atoms with Crippen molar-refractivity contribution in [3.63, 3.8) is 0 Å². The van der Waals surface area contributed by atoms with Crippen LogP contribution in [0.1, 0.15) is 13.8 Å². The summed E-state index contributed by atoms with van der Waals surface area (Å²) in [7, 11) is 1.72. The molecule has 0 saturated heterocycles. The second kappa shape index (κ2) is 3.93. The highest BCUT2D eigenvalue weighted by molar-refractivity contribution is 5.88. The van der Waals surface area contributed by atoms with Crippen molar-refractivity contribution >= 4 is 11.8 Å². The Labute approximate surface area is 76.7 Å². The van der Waals surface area contributed by atoms with Crippen LogP contribution in [0.5, 0.6) is 0 Å². The van der Waals surface area contributed by atoms with Gasteiger partial charge in [-0.1, -0.05) is 5.16 Å². The number of nitrogens with zero attached hydrogens (tertiary/aromatic N) is 2. The fourth-order valence-electron chi connectivity index (χ4n) is 0.709. The Balaban J connectivity index is 2.51. The van der Waals surface area contributed by atoms with E-state index in [9.17, 15) is 4.79 Å². The molecule has 1 heterocycles. The van der Waals surface area contributed by atoms with E-state index in [1.165, 1.54) is 6.26 Å². The molecule has 72 valence electrons. The van der Waals surface area contributed by atoms with Gasteiger partial charge >= 0.3 is 6.03 Å². The van der Waals surface area contributed by atoms with Crippen molar-refractivity contribution < 1.29 is 9.32 Å². The van der Waals surface area contributed by atoms with Gasteiger partial charge in [-0.3, -0.25) is 5.32 Å². The molecule has 0 radical (unpaired) electrons. The summed E-state index contributed by atoms with van der Waals surface area (Å²) in [6.07, 6.45) is 1.41. The molecule has 0 atom stereocenters. The van der Waals surface area contributed by atoms with Crippen LogP contribution in [0.25, 0.3) is 0 Å². The van der Waals surface area contributed by atoms with Crippen LogP contribution in [0.3, 0.4) is 0 Å². The maximum atomic E-state index is 11.4. The zero-order valence-corrected chi connectivity index (χ0v) is 7.94. The highest BCUT2D eigenvalue weighted by Gasteiger charge is 2.12. The van der Waals surface area contributed by atoms with Gasteiger partial charge in [0.25, 0.3) is 0 Å². The van der Waals surface area contributed by atoms with Crippen molar-refractivity contribution in [2.24, 2.45) is 0 Å². The zero-order valence-electron chi connectivity index (χ0n) is 7.94. The summed E-state index contributed by atoms with van der Waals surface area (Å²) in [5.74, 6) is 0.428. The monoisotopic (exact) mass is 183 g/mol. The zero-order chi connectivity index (χ0) is 9.84. The van der Waals surface area contributed by atoms with E-state index in [0.29, 0.717) is 5.82 Å². The molecule has 2 amide bonds. The summed E-state index contributed by atoms with van der Waals surface area (Å²) in [4.78, 5) is 13.0. The number of hydrogen-bond acceptors (Lipinski definition) is 3. The molecule has 5 heteroatoms. The van der Waals surface area contributed by atoms with Gasteiger partial charge in [0.05, 0.1) is 0 Å². The van der Waals surface area contributed by atoms with Crippen molar-refractivity contribution in [3.05, 3.63) is 12.3 Å². The minimum Gasteiger partial charge on any atom is -0.363 e. The third kappa shape index (κ3) is 2.47. The van der Waals surface area contributed by atoms with Crippen molar-refractivity contribution in [2.45, 2.75) is 19.9 Å². The molecule has 13 heavy (non-hydrogen) atoms. The van der Waals surface area contributed by atoms with Gasteiger partial charge in [-0.2, -0.15) is 0 Å². The molecule has 1 aromatic heterocycles. The Hall–Kier alpha value is -1.52. The number of carbonyl (C=O) groups excluding carboxylic acids is 1. The minimum atomic E-state index is -0.191. The summed E-state index contributed by atoms with van der Waals surface area (Å²) in [6.45, 7) is 3.87. The number of aromatic nitrogens is 1. The Morgan fingerprint density at radius 3 is 2.85 bits per heavy atom. The number of nitrogens with one attached hydrogen (secondary N) is 1. The second-order valence-corrected chi connectivity index (χ2v) is 3.02. The van der Waals surface area contributed by atoms with E-state index in [1.807, 2.05) is 13.8 Å². The van der Waals surface area contributed by atoms with Crippen molar-refractivity contribution in [1.29, 1.82) is 0 Å². The molecule has 0 aromatic carbocycles. The van der Waals surface area contributed by atoms with E-state index in [-0.39, 0.29) is 12.1 Å². The summed E-state index contributed by atoms with van der Waals surface area (Å²) in [5, 5.41) is 6.15. The van der Waals surface area contributed by atoms with Crippen LogP contribution < -0.4 is 5.32 Å². The lowest BCUT2D eigenvalue weighted by Gasteiger charge is -2.20. The Morgan fingerprint density at radius 1 is 1.69 bits per heavy atom. The van der Waals surface area contributed by atoms with Crippen molar-refractivity contribution in [1.82, 2.24) is 10.1 Å². The fraction of sp³-hybridized carbons (Fsp3) is 0.500. The molecule has 0 aliphatic rings. The molecular weight excluding hydrogens is 170 g/mol. The van der Waals surface area contributed by atoms with Gasteiger partial charge in [0, 0.05) is 19.2 Å². The number of amides is 2. The smallest absolute Gasteiger partial charge is 0.323 e. The Bertz CT molecular complexity index is 269. The van der Waals surface area contributed by atoms with Gasteiger partial charge in [0.1, 0.15) is 6.26 Å². The number of rotatable bonds is 2. The van der Waals surface area contributed by atoms with Gasteiger partial charge in [-0.05, 0) is 13.8 Å². The molecule has 0 spiro atoms. The maximum absolute atomic E-state index is 11.4. The largest absolute Gasteiger partial charge is 0.363 e. The molecule has 1 aromatic rings. The van der Waals surface area contributed by atoms with Crippen molar-refractivity contribution in [3.8, 4) is 0 Å². The van der Waals surface area contributed by atoms with Crippen LogP contribution in [0.2, 0.25) is 0 Å². The van der Waals surface area contributed by atoms with Gasteiger partial charge in [0.2, 0.25) is 0 Å². The average Bonchev–Trinajstić information content (AvgIpc) is 2.55. The molecule has 1 N–H and O–H groups in total. The third-order valence-electron chi connectivity index (χ3n) is 1.77. The number of urea groups is 1. The predicted octanol–water partition coefficient (Wildman–Crippen LogP) is 1.55. The highest BCUT2D eigenvalue weighted by atomic mass is 16.5. The van der Waals surface area contributed by atoms with Crippen LogP contribution in [0.4, 0.5) is 10.6 Å². The van der Waals surface area contributed by atoms with E-state index in [1.54, 1.807) is 18.0 Å². The molecule has 0 fully saturated rings. The van der Waals surface area contributed by atoms with Crippen LogP contribution in [0.15, 0.2) is 16.9 Å². The van der Waals surface area contributed by atoms with Crippen LogP contribution in [-0.4, -0.2) is 29.2 Å². The van der Waals surface area contributed by atoms with Gasteiger partial charge in [-0.25, -0.2) is 4.79 Å². The van der Waals surface area contributed by atoms with Gasteiger partial charge < -0.3 is 9.42 Å². The topological polar surface area (TPSA) is 58.4 Å². The van der Waals surface area contributed by atoms with Crippen molar-refractivity contribution in [2.75, 3.05) is 12.4 Å². The molecule has 5 nitrogen and oxygen atoms in total. The number of anilines is 1. The SMILES string of the molecule is CC(C)N(C)C(=O)Nc1ccon1. The number of carbonyl (C=O) groups is 1. The molecule has 0 saturated carbocycles. The lowest BCUT2D eigenvalue weighted by atomic mass is 10.4. The van der Waals surface area contributed by atoms with E-state index in [0.717, 1.165) is 0 Å². The Kier molecular flexibility index (Phi) is 2.89. The molecule has 1 rings (SSSR count). The standard InChI is InChI=1S/C8H13N3O2/c1-6(2)11(3)8(12)9-7-4-5-13-10-7/h4-6H,1-3H3,(H,9,10,12). The first-order chi connectivity index (χ1) is 6.11. The molecule has 0 aliphatic carbocycles. The first-order valence-electron chi connectivity index (χ1n) is 4.05. The molecular formula is C8H13N3O2. The van der Waals surface area contributed by atoms with Crippen LogP contribution in [-0.2, 0) is 0 Å². The molecule has 0 aliphatic heterocycles. The maximum Gasteiger partial charge on any atom is 0.323 e. The normalized spacial score (nSPS) is 10.2. The first kappa shape index (κ1) is 9.57. The molecule has 0 bridgehead atoms. The highest BCUT2D eigenvalue weighted by Crippen LogP contribution is 2.03. The second-order valence-electron chi connectivity index (χ2n) is 3.02. The predicted molar refractivity (Wildman–Crippen MR) is 48.4 cm³/mol. The quantitative estimate of drug-likeness (QED) is 0.756. The average molecular weight is 183 g/mol. The minimum absolute atomic E-state index is 0.159.